The van der Waals surface area contributed by atoms with Crippen molar-refractivity contribution in [2.24, 2.45) is 5.10 Å². The number of hydrogen-bond acceptors (Lipinski definition) is 6. The van der Waals surface area contributed by atoms with Crippen molar-refractivity contribution in [2.45, 2.75) is 6.92 Å². The van der Waals surface area contributed by atoms with E-state index in [0.29, 0.717) is 52.3 Å². The van der Waals surface area contributed by atoms with Crippen molar-refractivity contribution in [1.82, 2.24) is 5.43 Å². The summed E-state index contributed by atoms with van der Waals surface area (Å²) in [4.78, 5) is 24.8. The molecule has 0 saturated heterocycles. The summed E-state index contributed by atoms with van der Waals surface area (Å²) >= 11 is 6.11. The van der Waals surface area contributed by atoms with E-state index in [9.17, 15) is 9.59 Å². The maximum absolute atomic E-state index is 12.6. The Hall–Kier alpha value is -4.30. The van der Waals surface area contributed by atoms with Crippen LogP contribution in [0.1, 0.15) is 22.8 Å². The SMILES string of the molecule is C=CCOc1ccc(C(=O)N/N=C/c2cc(Cl)ccc2OCC(=O)Nc2ccccc2)cc1OCC. The summed E-state index contributed by atoms with van der Waals surface area (Å²) in [6.07, 6.45) is 3.01. The summed E-state index contributed by atoms with van der Waals surface area (Å²) in [5.74, 6) is 0.555. The van der Waals surface area contributed by atoms with Crippen molar-refractivity contribution >= 4 is 35.3 Å². The predicted octanol–water partition coefficient (Wildman–Crippen LogP) is 5.08. The van der Waals surface area contributed by atoms with Gasteiger partial charge in [0.15, 0.2) is 18.1 Å². The number of anilines is 1. The van der Waals surface area contributed by atoms with Crippen LogP contribution in [0.15, 0.2) is 84.5 Å². The van der Waals surface area contributed by atoms with E-state index in [1.807, 2.05) is 25.1 Å². The summed E-state index contributed by atoms with van der Waals surface area (Å²) in [5, 5.41) is 7.20. The first-order valence-corrected chi connectivity index (χ1v) is 11.5. The van der Waals surface area contributed by atoms with E-state index >= 15 is 0 Å². The third-order valence-electron chi connectivity index (χ3n) is 4.62. The summed E-state index contributed by atoms with van der Waals surface area (Å²) < 4.78 is 16.8. The first-order chi connectivity index (χ1) is 17.5. The van der Waals surface area contributed by atoms with Crippen molar-refractivity contribution in [2.75, 3.05) is 25.1 Å². The summed E-state index contributed by atoms with van der Waals surface area (Å²) in [6, 6.07) is 18.7. The largest absolute Gasteiger partial charge is 0.490 e. The molecule has 3 aromatic rings. The van der Waals surface area contributed by atoms with Gasteiger partial charge in [-0.15, -0.1) is 0 Å². The van der Waals surface area contributed by atoms with Gasteiger partial charge in [0, 0.05) is 21.8 Å². The fourth-order valence-corrected chi connectivity index (χ4v) is 3.20. The van der Waals surface area contributed by atoms with E-state index in [1.54, 1.807) is 54.6 Å². The number of amides is 2. The standard InChI is InChI=1S/C27H26ClN3O5/c1-3-14-35-24-12-10-19(16-25(24)34-4-2)27(33)31-29-17-20-15-21(28)11-13-23(20)36-18-26(32)30-22-8-6-5-7-9-22/h3,5-13,15-17H,1,4,14,18H2,2H3,(H,30,32)(H,31,33)/b29-17+. The van der Waals surface area contributed by atoms with Gasteiger partial charge >= 0.3 is 0 Å². The molecule has 2 amide bonds. The highest BCUT2D eigenvalue weighted by molar-refractivity contribution is 6.30. The lowest BCUT2D eigenvalue weighted by Crippen LogP contribution is -2.20. The van der Waals surface area contributed by atoms with Gasteiger partial charge < -0.3 is 19.5 Å². The molecule has 0 heterocycles. The Morgan fingerprint density at radius 3 is 2.50 bits per heavy atom. The molecule has 0 fully saturated rings. The molecule has 3 rings (SSSR count). The second-order valence-corrected chi connectivity index (χ2v) is 7.71. The van der Waals surface area contributed by atoms with E-state index in [-0.39, 0.29) is 12.5 Å². The number of halogens is 1. The molecule has 0 unspecified atom stereocenters. The summed E-state index contributed by atoms with van der Waals surface area (Å²) in [6.45, 7) is 5.97. The number of para-hydroxylation sites is 1. The second kappa shape index (κ2) is 13.6. The molecule has 0 aliphatic carbocycles. The molecule has 2 N–H and O–H groups in total. The number of nitrogens with one attached hydrogen (secondary N) is 2. The number of carbonyl (C=O) groups excluding carboxylic acids is 2. The molecule has 0 bridgehead atoms. The molecule has 9 heteroatoms. The third-order valence-corrected chi connectivity index (χ3v) is 4.86. The fourth-order valence-electron chi connectivity index (χ4n) is 3.02. The van der Waals surface area contributed by atoms with Crippen molar-refractivity contribution in [1.29, 1.82) is 0 Å². The fraction of sp³-hybridized carbons (Fsp3) is 0.148. The first kappa shape index (κ1) is 26.3. The van der Waals surface area contributed by atoms with Gasteiger partial charge in [0.25, 0.3) is 11.8 Å². The zero-order valence-electron chi connectivity index (χ0n) is 19.7. The molecule has 3 aromatic carbocycles. The molecule has 0 spiro atoms. The smallest absolute Gasteiger partial charge is 0.271 e. The number of carbonyl (C=O) groups is 2. The Morgan fingerprint density at radius 1 is 0.972 bits per heavy atom. The highest BCUT2D eigenvalue weighted by Crippen LogP contribution is 2.28. The van der Waals surface area contributed by atoms with E-state index in [4.69, 9.17) is 25.8 Å². The minimum absolute atomic E-state index is 0.218. The monoisotopic (exact) mass is 507 g/mol. The van der Waals surface area contributed by atoms with Crippen LogP contribution in [0.5, 0.6) is 17.2 Å². The number of nitrogens with zero attached hydrogens (tertiary/aromatic N) is 1. The molecule has 0 saturated carbocycles. The van der Waals surface area contributed by atoms with E-state index < -0.39 is 5.91 Å². The van der Waals surface area contributed by atoms with Gasteiger partial charge in [0.05, 0.1) is 12.8 Å². The maximum atomic E-state index is 12.6. The maximum Gasteiger partial charge on any atom is 0.271 e. The minimum Gasteiger partial charge on any atom is -0.490 e. The first-order valence-electron chi connectivity index (χ1n) is 11.1. The van der Waals surface area contributed by atoms with Crippen molar-refractivity contribution in [3.05, 3.63) is 95.5 Å². The number of rotatable bonds is 12. The van der Waals surface area contributed by atoms with Crippen LogP contribution in [0.25, 0.3) is 0 Å². The zero-order valence-corrected chi connectivity index (χ0v) is 20.5. The van der Waals surface area contributed by atoms with Crippen LogP contribution < -0.4 is 25.0 Å². The normalized spacial score (nSPS) is 10.5. The highest BCUT2D eigenvalue weighted by Gasteiger charge is 2.12. The highest BCUT2D eigenvalue weighted by atomic mass is 35.5. The molecule has 186 valence electrons. The van der Waals surface area contributed by atoms with Crippen molar-refractivity contribution in [3.8, 4) is 17.2 Å². The molecule has 0 aliphatic heterocycles. The number of hydrazone groups is 1. The Labute approximate surface area is 214 Å². The number of benzene rings is 3. The number of ether oxygens (including phenoxy) is 3. The Balaban J connectivity index is 1.64. The molecule has 0 atom stereocenters. The third kappa shape index (κ3) is 7.89. The quantitative estimate of drug-likeness (QED) is 0.202. The van der Waals surface area contributed by atoms with Gasteiger partial charge in [-0.3, -0.25) is 9.59 Å². The Kier molecular flexibility index (Phi) is 9.90. The van der Waals surface area contributed by atoms with Crippen LogP contribution >= 0.6 is 11.6 Å². The molecule has 0 aromatic heterocycles. The van der Waals surface area contributed by atoms with Gasteiger partial charge in [0.2, 0.25) is 0 Å². The van der Waals surface area contributed by atoms with Gasteiger partial charge in [-0.1, -0.05) is 42.5 Å². The van der Waals surface area contributed by atoms with Crippen LogP contribution in [0.4, 0.5) is 5.69 Å². The average Bonchev–Trinajstić information content (AvgIpc) is 2.88. The van der Waals surface area contributed by atoms with Gasteiger partial charge in [0.1, 0.15) is 12.4 Å². The number of hydrogen-bond donors (Lipinski definition) is 2. The van der Waals surface area contributed by atoms with E-state index in [0.717, 1.165) is 0 Å². The van der Waals surface area contributed by atoms with Gasteiger partial charge in [-0.25, -0.2) is 5.43 Å². The lowest BCUT2D eigenvalue weighted by molar-refractivity contribution is -0.118. The predicted molar refractivity (Wildman–Crippen MR) is 140 cm³/mol. The van der Waals surface area contributed by atoms with E-state index in [2.05, 4.69) is 22.4 Å². The Morgan fingerprint density at radius 2 is 1.75 bits per heavy atom. The zero-order chi connectivity index (χ0) is 25.8. The van der Waals surface area contributed by atoms with Crippen LogP contribution in [0.3, 0.4) is 0 Å². The minimum atomic E-state index is -0.450. The summed E-state index contributed by atoms with van der Waals surface area (Å²) in [7, 11) is 0. The molecular weight excluding hydrogens is 482 g/mol. The van der Waals surface area contributed by atoms with Crippen molar-refractivity contribution < 1.29 is 23.8 Å². The van der Waals surface area contributed by atoms with Crippen LogP contribution in [0.2, 0.25) is 5.02 Å². The molecule has 36 heavy (non-hydrogen) atoms. The van der Waals surface area contributed by atoms with Gasteiger partial charge in [-0.2, -0.15) is 5.10 Å². The average molecular weight is 508 g/mol. The second-order valence-electron chi connectivity index (χ2n) is 7.28. The van der Waals surface area contributed by atoms with Crippen LogP contribution in [0, 0.1) is 0 Å². The topological polar surface area (TPSA) is 98.3 Å². The van der Waals surface area contributed by atoms with E-state index in [1.165, 1.54) is 6.21 Å². The molecule has 0 radical (unpaired) electrons. The Bertz CT molecular complexity index is 1230. The molecular formula is C27H26ClN3O5. The van der Waals surface area contributed by atoms with Gasteiger partial charge in [-0.05, 0) is 55.5 Å². The molecule has 0 aliphatic rings. The summed E-state index contributed by atoms with van der Waals surface area (Å²) in [5.41, 5.74) is 3.95. The lowest BCUT2D eigenvalue weighted by atomic mass is 10.2. The van der Waals surface area contributed by atoms with Crippen LogP contribution in [-0.2, 0) is 4.79 Å². The van der Waals surface area contributed by atoms with Crippen molar-refractivity contribution in [3.63, 3.8) is 0 Å². The molecule has 8 nitrogen and oxygen atoms in total. The lowest BCUT2D eigenvalue weighted by Gasteiger charge is -2.12. The van der Waals surface area contributed by atoms with Crippen LogP contribution in [-0.4, -0.2) is 37.8 Å².